The predicted molar refractivity (Wildman–Crippen MR) is 173 cm³/mol. The van der Waals surface area contributed by atoms with Gasteiger partial charge in [0.1, 0.15) is 42.1 Å². The third kappa shape index (κ3) is 6.94. The van der Waals surface area contributed by atoms with Gasteiger partial charge in [0.05, 0.1) is 18.8 Å². The van der Waals surface area contributed by atoms with Gasteiger partial charge in [-0.25, -0.2) is 4.79 Å². The fourth-order valence-electron chi connectivity index (χ4n) is 7.95. The monoisotopic (exact) mass is 651 g/mol. The summed E-state index contributed by atoms with van der Waals surface area (Å²) < 4.78 is 31.2. The minimum atomic E-state index is -1.86. The van der Waals surface area contributed by atoms with Crippen molar-refractivity contribution in [2.45, 2.75) is 115 Å². The Labute approximate surface area is 276 Å². The Morgan fingerprint density at radius 3 is 2.81 bits per heavy atom. The number of aliphatic hydroxyl groups is 2. The number of fused-ring (bicyclic) bond motifs is 2. The van der Waals surface area contributed by atoms with E-state index in [4.69, 9.17) is 23.7 Å². The second-order valence-corrected chi connectivity index (χ2v) is 14.2. The smallest absolute Gasteiger partial charge is 0.355 e. The lowest BCUT2D eigenvalue weighted by Gasteiger charge is -2.50. The number of nitrogens with one attached hydrogen (secondary N) is 1. The van der Waals surface area contributed by atoms with E-state index in [1.165, 1.54) is 11.6 Å². The van der Waals surface area contributed by atoms with E-state index in [-0.39, 0.29) is 42.6 Å². The van der Waals surface area contributed by atoms with Gasteiger partial charge in [0.2, 0.25) is 0 Å². The van der Waals surface area contributed by atoms with E-state index in [1.54, 1.807) is 24.4 Å². The molecule has 0 radical (unpaired) electrons. The third-order valence-corrected chi connectivity index (χ3v) is 10.6. The van der Waals surface area contributed by atoms with Gasteiger partial charge in [0.25, 0.3) is 0 Å². The average Bonchev–Trinajstić information content (AvgIpc) is 3.69. The number of ether oxygens (including phenoxy) is 5. The molecular formula is C37H49NO9. The lowest BCUT2D eigenvalue weighted by molar-refractivity contribution is -0.335. The topological polar surface area (TPSA) is 137 Å². The zero-order valence-corrected chi connectivity index (χ0v) is 27.9. The van der Waals surface area contributed by atoms with Gasteiger partial charge in [-0.2, -0.15) is 0 Å². The highest BCUT2D eigenvalue weighted by Gasteiger charge is 2.60. The summed E-state index contributed by atoms with van der Waals surface area (Å²) in [5.74, 6) is -2.69. The molecule has 1 aromatic heterocycles. The first kappa shape index (κ1) is 33.9. The van der Waals surface area contributed by atoms with Crippen molar-refractivity contribution in [3.8, 4) is 0 Å². The van der Waals surface area contributed by atoms with Gasteiger partial charge < -0.3 is 38.9 Å². The van der Waals surface area contributed by atoms with Crippen molar-refractivity contribution in [2.75, 3.05) is 13.2 Å². The number of rotatable bonds is 4. The van der Waals surface area contributed by atoms with E-state index < -0.39 is 47.6 Å². The summed E-state index contributed by atoms with van der Waals surface area (Å²) in [5, 5.41) is 23.7. The molecule has 10 nitrogen and oxygen atoms in total. The van der Waals surface area contributed by atoms with Gasteiger partial charge in [0, 0.05) is 25.5 Å². The molecule has 0 saturated carbocycles. The summed E-state index contributed by atoms with van der Waals surface area (Å²) in [6.45, 7) is 8.32. The van der Waals surface area contributed by atoms with Crippen molar-refractivity contribution in [1.29, 1.82) is 0 Å². The highest BCUT2D eigenvalue weighted by atomic mass is 16.7. The molecule has 0 amide bonds. The normalized spacial score (nSPS) is 42.3. The number of aromatic nitrogens is 1. The van der Waals surface area contributed by atoms with E-state index in [0.717, 1.165) is 19.3 Å². The molecule has 1 spiro atoms. The molecule has 47 heavy (non-hydrogen) atoms. The van der Waals surface area contributed by atoms with Gasteiger partial charge in [-0.3, -0.25) is 4.79 Å². The van der Waals surface area contributed by atoms with E-state index in [9.17, 15) is 19.8 Å². The standard InChI is InChI=1S/C37H49NO9/c1-5-31-24(4)13-14-36(47-31)19-28-18-27(46-36)12-11-23(3)16-22(2)8-6-9-26-21-43-33-32(39)25(17-29(34(40)45-28)37(26,33)42)20-44-35(41)30-10-7-15-38-30/h6-11,15,17,22,24,27-29,31-33,38-39,42H,5,12-14,16,18-21H2,1-4H3/b8-6+,23-11+,26-9+/t22-,24-,27+,28-,29-,31+,32+,33+,36+,37+/m0/s1. The number of esters is 2. The molecule has 3 N–H and O–H groups in total. The maximum Gasteiger partial charge on any atom is 0.355 e. The first-order chi connectivity index (χ1) is 22.5. The van der Waals surface area contributed by atoms with Crippen LogP contribution >= 0.6 is 0 Å². The van der Waals surface area contributed by atoms with Crippen LogP contribution in [0.15, 0.2) is 65.4 Å². The molecular weight excluding hydrogens is 602 g/mol. The Bertz CT molecular complexity index is 1430. The number of hydrogen-bond donors (Lipinski definition) is 3. The fraction of sp³-hybridized carbons (Fsp3) is 0.622. The second-order valence-electron chi connectivity index (χ2n) is 14.2. The highest BCUT2D eigenvalue weighted by molar-refractivity contribution is 5.87. The summed E-state index contributed by atoms with van der Waals surface area (Å²) >= 11 is 0. The molecule has 5 aliphatic rings. The lowest BCUT2D eigenvalue weighted by Crippen LogP contribution is -2.58. The first-order valence-corrected chi connectivity index (χ1v) is 17.1. The number of carbonyl (C=O) groups is 2. The van der Waals surface area contributed by atoms with Crippen molar-refractivity contribution in [1.82, 2.24) is 4.98 Å². The molecule has 3 fully saturated rings. The van der Waals surface area contributed by atoms with Crippen LogP contribution < -0.4 is 0 Å². The summed E-state index contributed by atoms with van der Waals surface area (Å²) in [4.78, 5) is 29.7. The minimum absolute atomic E-state index is 0.0237. The van der Waals surface area contributed by atoms with Gasteiger partial charge in [0.15, 0.2) is 5.79 Å². The number of aliphatic hydroxyl groups excluding tert-OH is 1. The largest absolute Gasteiger partial charge is 0.462 e. The molecule has 256 valence electrons. The van der Waals surface area contributed by atoms with Gasteiger partial charge in [-0.05, 0) is 67.7 Å². The molecule has 0 unspecified atom stereocenters. The van der Waals surface area contributed by atoms with Crippen LogP contribution in [0.2, 0.25) is 0 Å². The molecule has 6 rings (SSSR count). The Morgan fingerprint density at radius 2 is 2.04 bits per heavy atom. The Morgan fingerprint density at radius 1 is 1.21 bits per heavy atom. The first-order valence-electron chi connectivity index (χ1n) is 17.1. The van der Waals surface area contributed by atoms with Crippen LogP contribution in [0.3, 0.4) is 0 Å². The number of H-pyrrole nitrogens is 1. The van der Waals surface area contributed by atoms with Crippen LogP contribution in [0.4, 0.5) is 0 Å². The van der Waals surface area contributed by atoms with Crippen LogP contribution in [-0.2, 0) is 28.5 Å². The van der Waals surface area contributed by atoms with Crippen molar-refractivity contribution >= 4 is 11.9 Å². The van der Waals surface area contributed by atoms with E-state index in [0.29, 0.717) is 37.2 Å². The molecule has 3 saturated heterocycles. The third-order valence-electron chi connectivity index (χ3n) is 10.6. The van der Waals surface area contributed by atoms with Crippen LogP contribution in [0.25, 0.3) is 0 Å². The number of aromatic amines is 1. The fourth-order valence-corrected chi connectivity index (χ4v) is 7.95. The van der Waals surface area contributed by atoms with E-state index >= 15 is 0 Å². The highest BCUT2D eigenvalue weighted by Crippen LogP contribution is 2.47. The maximum absolute atomic E-state index is 14.3. The average molecular weight is 652 g/mol. The Kier molecular flexibility index (Phi) is 9.97. The van der Waals surface area contributed by atoms with Crippen LogP contribution in [-0.4, -0.2) is 82.3 Å². The van der Waals surface area contributed by atoms with Crippen molar-refractivity contribution < 1.29 is 43.5 Å². The predicted octanol–water partition coefficient (Wildman–Crippen LogP) is 5.09. The summed E-state index contributed by atoms with van der Waals surface area (Å²) in [5.41, 5.74) is 0.380. The molecule has 0 aromatic carbocycles. The van der Waals surface area contributed by atoms with E-state index in [1.807, 2.05) is 6.08 Å². The number of carbonyl (C=O) groups excluding carboxylic acids is 2. The Balaban J connectivity index is 1.34. The SMILES string of the molecule is CC[C@H]1O[C@]2(CC[C@@H]1C)C[C@@H]1C[C@@H](C/C=C(\C)C[C@@H](C)/C=C/C=C3\CO[C@@H]4[C@H](O)C(COC(=O)c5ccc[nH]5)=C[C@@H](C(=O)O1)[C@]34O)O2. The quantitative estimate of drug-likeness (QED) is 0.301. The summed E-state index contributed by atoms with van der Waals surface area (Å²) in [6, 6.07) is 3.27. The maximum atomic E-state index is 14.3. The number of allylic oxidation sites excluding steroid dienone is 4. The zero-order valence-electron chi connectivity index (χ0n) is 27.9. The summed E-state index contributed by atoms with van der Waals surface area (Å²) in [6.07, 6.45) is 12.8. The van der Waals surface area contributed by atoms with Crippen molar-refractivity contribution in [3.05, 3.63) is 71.1 Å². The molecule has 2 bridgehead atoms. The summed E-state index contributed by atoms with van der Waals surface area (Å²) in [7, 11) is 0. The molecule has 5 heterocycles. The van der Waals surface area contributed by atoms with Crippen LogP contribution in [0.1, 0.15) is 83.1 Å². The second kappa shape index (κ2) is 13.8. The molecule has 10 heteroatoms. The minimum Gasteiger partial charge on any atom is -0.462 e. The lowest BCUT2D eigenvalue weighted by atomic mass is 9.70. The molecule has 10 atom stereocenters. The van der Waals surface area contributed by atoms with E-state index in [2.05, 4.69) is 44.8 Å². The van der Waals surface area contributed by atoms with Crippen molar-refractivity contribution in [3.63, 3.8) is 0 Å². The van der Waals surface area contributed by atoms with Crippen LogP contribution in [0, 0.1) is 17.8 Å². The Hall–Kier alpha value is -3.02. The van der Waals surface area contributed by atoms with Gasteiger partial charge in [-0.1, -0.05) is 56.7 Å². The van der Waals surface area contributed by atoms with Gasteiger partial charge in [-0.15, -0.1) is 0 Å². The number of hydrogen-bond acceptors (Lipinski definition) is 9. The van der Waals surface area contributed by atoms with Crippen molar-refractivity contribution in [2.24, 2.45) is 17.8 Å². The molecule has 1 aliphatic carbocycles. The molecule has 4 aliphatic heterocycles. The van der Waals surface area contributed by atoms with Crippen LogP contribution in [0.5, 0.6) is 0 Å². The zero-order chi connectivity index (χ0) is 33.3. The molecule has 1 aromatic rings. The van der Waals surface area contributed by atoms with Gasteiger partial charge >= 0.3 is 11.9 Å².